The first-order chi connectivity index (χ1) is 14.0. The Kier molecular flexibility index (Phi) is 7.25. The van der Waals surface area contributed by atoms with Gasteiger partial charge in [-0.2, -0.15) is 0 Å². The fourth-order valence-electron chi connectivity index (χ4n) is 3.63. The third kappa shape index (κ3) is 5.56. The molecule has 1 aliphatic carbocycles. The number of nitrogens with one attached hydrogen (secondary N) is 1. The fourth-order valence-corrected chi connectivity index (χ4v) is 4.39. The predicted octanol–water partition coefficient (Wildman–Crippen LogP) is 5.42. The summed E-state index contributed by atoms with van der Waals surface area (Å²) < 4.78 is 4.74. The summed E-state index contributed by atoms with van der Waals surface area (Å²) in [6.45, 7) is 4.69. The van der Waals surface area contributed by atoms with Gasteiger partial charge in [0, 0.05) is 17.1 Å². The van der Waals surface area contributed by atoms with Crippen molar-refractivity contribution in [1.29, 1.82) is 0 Å². The van der Waals surface area contributed by atoms with Crippen molar-refractivity contribution in [3.63, 3.8) is 0 Å². The average molecular weight is 416 g/mol. The lowest BCUT2D eigenvalue weighted by molar-refractivity contribution is 0.0594. The van der Waals surface area contributed by atoms with Crippen molar-refractivity contribution in [3.05, 3.63) is 45.9 Å². The van der Waals surface area contributed by atoms with E-state index in [1.165, 1.54) is 30.4 Å². The second-order valence-corrected chi connectivity index (χ2v) is 8.69. The maximum Gasteiger partial charge on any atom is 0.357 e. The van der Waals surface area contributed by atoms with Gasteiger partial charge in [0.15, 0.2) is 5.69 Å². The average Bonchev–Trinajstić information content (AvgIpc) is 3.21. The van der Waals surface area contributed by atoms with E-state index >= 15 is 0 Å². The van der Waals surface area contributed by atoms with E-state index in [2.05, 4.69) is 36.3 Å². The first-order valence-corrected chi connectivity index (χ1v) is 11.1. The molecule has 0 bridgehead atoms. The number of anilines is 1. The lowest BCUT2D eigenvalue weighted by Gasteiger charge is -2.34. The number of urea groups is 1. The van der Waals surface area contributed by atoms with Crippen LogP contribution in [0.3, 0.4) is 0 Å². The van der Waals surface area contributed by atoms with E-state index in [0.29, 0.717) is 18.2 Å². The molecule has 29 heavy (non-hydrogen) atoms. The van der Waals surface area contributed by atoms with Gasteiger partial charge in [-0.3, -0.25) is 0 Å². The molecule has 1 fully saturated rings. The number of thiazole rings is 1. The lowest BCUT2D eigenvalue weighted by Crippen LogP contribution is -2.43. The van der Waals surface area contributed by atoms with Crippen molar-refractivity contribution < 1.29 is 14.3 Å². The maximum atomic E-state index is 13.1. The molecule has 7 heteroatoms. The van der Waals surface area contributed by atoms with Crippen LogP contribution in [0.4, 0.5) is 10.5 Å². The van der Waals surface area contributed by atoms with Crippen LogP contribution >= 0.6 is 11.3 Å². The molecule has 2 aromatic rings. The van der Waals surface area contributed by atoms with Gasteiger partial charge in [-0.1, -0.05) is 45.2 Å². The SMILES string of the molecule is COC(=O)c1csc(CN(C(=O)Nc2ccc(C(C)C)cc2)C2CCCCC2)n1. The summed E-state index contributed by atoms with van der Waals surface area (Å²) in [4.78, 5) is 31.1. The summed E-state index contributed by atoms with van der Waals surface area (Å²) >= 11 is 1.38. The van der Waals surface area contributed by atoms with Crippen molar-refractivity contribution in [2.75, 3.05) is 12.4 Å². The van der Waals surface area contributed by atoms with Gasteiger partial charge in [-0.15, -0.1) is 11.3 Å². The Bertz CT molecular complexity index is 826. The van der Waals surface area contributed by atoms with E-state index in [1.807, 2.05) is 17.0 Å². The normalized spacial score (nSPS) is 14.6. The van der Waals surface area contributed by atoms with Crippen molar-refractivity contribution >= 4 is 29.0 Å². The molecule has 0 unspecified atom stereocenters. The molecule has 156 valence electrons. The monoisotopic (exact) mass is 415 g/mol. The number of benzene rings is 1. The van der Waals surface area contributed by atoms with E-state index in [4.69, 9.17) is 4.74 Å². The van der Waals surface area contributed by atoms with Gasteiger partial charge >= 0.3 is 12.0 Å². The van der Waals surface area contributed by atoms with Gasteiger partial charge in [-0.25, -0.2) is 14.6 Å². The molecule has 3 rings (SSSR count). The Balaban J connectivity index is 1.74. The second-order valence-electron chi connectivity index (χ2n) is 7.74. The van der Waals surface area contributed by atoms with Crippen LogP contribution in [-0.2, 0) is 11.3 Å². The number of methoxy groups -OCH3 is 1. The summed E-state index contributed by atoms with van der Waals surface area (Å²) in [5, 5.41) is 5.46. The molecular weight excluding hydrogens is 386 g/mol. The molecule has 1 heterocycles. The van der Waals surface area contributed by atoms with Crippen LogP contribution in [0, 0.1) is 0 Å². The maximum absolute atomic E-state index is 13.1. The number of carbonyl (C=O) groups is 2. The number of esters is 1. The molecule has 1 aromatic heterocycles. The zero-order chi connectivity index (χ0) is 20.8. The zero-order valence-electron chi connectivity index (χ0n) is 17.3. The Morgan fingerprint density at radius 3 is 2.52 bits per heavy atom. The molecule has 0 aliphatic heterocycles. The van der Waals surface area contributed by atoms with E-state index < -0.39 is 5.97 Å². The summed E-state index contributed by atoms with van der Waals surface area (Å²) in [6.07, 6.45) is 5.46. The fraction of sp³-hybridized carbons (Fsp3) is 0.500. The van der Waals surface area contributed by atoms with E-state index in [-0.39, 0.29) is 12.1 Å². The smallest absolute Gasteiger partial charge is 0.357 e. The van der Waals surface area contributed by atoms with E-state index in [0.717, 1.165) is 36.4 Å². The van der Waals surface area contributed by atoms with Crippen LogP contribution in [0.15, 0.2) is 29.6 Å². The minimum atomic E-state index is -0.452. The molecule has 1 saturated carbocycles. The molecule has 6 nitrogen and oxygen atoms in total. The highest BCUT2D eigenvalue weighted by Crippen LogP contribution is 2.26. The molecule has 0 saturated heterocycles. The summed E-state index contributed by atoms with van der Waals surface area (Å²) in [5.41, 5.74) is 2.32. The second kappa shape index (κ2) is 9.87. The van der Waals surface area contributed by atoms with Gasteiger partial charge < -0.3 is 15.0 Å². The number of nitrogens with zero attached hydrogens (tertiary/aromatic N) is 2. The number of aromatic nitrogens is 1. The number of hydrogen-bond donors (Lipinski definition) is 1. The molecule has 0 atom stereocenters. The van der Waals surface area contributed by atoms with Crippen molar-refractivity contribution in [2.45, 2.75) is 64.5 Å². The first kappa shape index (κ1) is 21.3. The summed E-state index contributed by atoms with van der Waals surface area (Å²) in [5.74, 6) is -0.00110. The number of rotatable bonds is 6. The van der Waals surface area contributed by atoms with E-state index in [9.17, 15) is 9.59 Å². The predicted molar refractivity (Wildman–Crippen MR) is 115 cm³/mol. The Morgan fingerprint density at radius 1 is 1.21 bits per heavy atom. The van der Waals surface area contributed by atoms with Gasteiger partial charge in [0.05, 0.1) is 13.7 Å². The standard InChI is InChI=1S/C22H29N3O3S/c1-15(2)16-9-11-17(12-10-16)23-22(27)25(18-7-5-4-6-8-18)13-20-24-19(14-29-20)21(26)28-3/h9-12,14-15,18H,4-8,13H2,1-3H3,(H,23,27). The van der Waals surface area contributed by atoms with Crippen LogP contribution < -0.4 is 5.32 Å². The van der Waals surface area contributed by atoms with Gasteiger partial charge in [-0.05, 0) is 36.5 Å². The van der Waals surface area contributed by atoms with Crippen molar-refractivity contribution in [3.8, 4) is 0 Å². The van der Waals surface area contributed by atoms with Gasteiger partial charge in [0.25, 0.3) is 0 Å². The number of amides is 2. The Morgan fingerprint density at radius 2 is 1.90 bits per heavy atom. The lowest BCUT2D eigenvalue weighted by atomic mass is 9.94. The van der Waals surface area contributed by atoms with Crippen LogP contribution in [0.1, 0.15) is 72.9 Å². The third-order valence-electron chi connectivity index (χ3n) is 5.36. The molecule has 0 radical (unpaired) electrons. The number of carbonyl (C=O) groups excluding carboxylic acids is 2. The number of hydrogen-bond acceptors (Lipinski definition) is 5. The first-order valence-electron chi connectivity index (χ1n) is 10.2. The highest BCUT2D eigenvalue weighted by Gasteiger charge is 2.27. The van der Waals surface area contributed by atoms with Crippen molar-refractivity contribution in [2.24, 2.45) is 0 Å². The Labute approximate surface area is 176 Å². The molecule has 2 amide bonds. The summed E-state index contributed by atoms with van der Waals surface area (Å²) in [7, 11) is 1.34. The van der Waals surface area contributed by atoms with Gasteiger partial charge in [0.2, 0.25) is 0 Å². The zero-order valence-corrected chi connectivity index (χ0v) is 18.1. The molecule has 1 aromatic carbocycles. The largest absolute Gasteiger partial charge is 0.464 e. The molecule has 1 aliphatic rings. The highest BCUT2D eigenvalue weighted by molar-refractivity contribution is 7.09. The molecule has 0 spiro atoms. The van der Waals surface area contributed by atoms with Crippen LogP contribution in [0.25, 0.3) is 0 Å². The topological polar surface area (TPSA) is 71.5 Å². The number of ether oxygens (including phenoxy) is 1. The third-order valence-corrected chi connectivity index (χ3v) is 6.19. The minimum Gasteiger partial charge on any atom is -0.464 e. The molecule has 1 N–H and O–H groups in total. The Hall–Kier alpha value is -2.41. The highest BCUT2D eigenvalue weighted by atomic mass is 32.1. The van der Waals surface area contributed by atoms with Gasteiger partial charge in [0.1, 0.15) is 5.01 Å². The van der Waals surface area contributed by atoms with Crippen LogP contribution in [0.2, 0.25) is 0 Å². The minimum absolute atomic E-state index is 0.121. The quantitative estimate of drug-likeness (QED) is 0.640. The van der Waals surface area contributed by atoms with Crippen LogP contribution in [-0.4, -0.2) is 35.0 Å². The van der Waals surface area contributed by atoms with Crippen molar-refractivity contribution in [1.82, 2.24) is 9.88 Å². The summed E-state index contributed by atoms with van der Waals surface area (Å²) in [6, 6.07) is 8.06. The van der Waals surface area contributed by atoms with E-state index in [1.54, 1.807) is 5.38 Å². The van der Waals surface area contributed by atoms with Crippen LogP contribution in [0.5, 0.6) is 0 Å². The molecular formula is C22H29N3O3S.